The normalized spacial score (nSPS) is 42.7. The molecule has 5 aliphatic carbocycles. The van der Waals surface area contributed by atoms with Gasteiger partial charge < -0.3 is 15.3 Å². The molecule has 0 spiro atoms. The Bertz CT molecular complexity index is 1430. The number of nitrogens with zero attached hydrogens (tertiary/aromatic N) is 1. The SMILES string of the molecule is CC(=O)O/N=C1\CC[C@@]2(C)C(CC[C@]3(C)C2CC=C2C4[C@@H](C)[C@H](C)CC[C@]4(C(=O)Nc4ccccc4CO)CC[C@]23C)C1(C)C. The number of oxime groups is 1. The van der Waals surface area contributed by atoms with Gasteiger partial charge in [-0.1, -0.05) is 83.5 Å². The van der Waals surface area contributed by atoms with Crippen molar-refractivity contribution >= 4 is 23.3 Å². The van der Waals surface area contributed by atoms with Crippen molar-refractivity contribution in [2.24, 2.45) is 61.8 Å². The quantitative estimate of drug-likeness (QED) is 0.201. The number of carbonyl (C=O) groups excluding carboxylic acids is 2. The molecule has 6 heteroatoms. The first-order valence-electron chi connectivity index (χ1n) is 17.6. The van der Waals surface area contributed by atoms with E-state index in [-0.39, 0.29) is 46.1 Å². The molecule has 4 fully saturated rings. The van der Waals surface area contributed by atoms with Gasteiger partial charge in [0, 0.05) is 23.6 Å². The van der Waals surface area contributed by atoms with E-state index < -0.39 is 5.41 Å². The van der Waals surface area contributed by atoms with Gasteiger partial charge >= 0.3 is 5.97 Å². The van der Waals surface area contributed by atoms with Gasteiger partial charge in [0.2, 0.25) is 5.91 Å². The predicted octanol–water partition coefficient (Wildman–Crippen LogP) is 8.69. The molecular weight excluding hydrogens is 560 g/mol. The van der Waals surface area contributed by atoms with Gasteiger partial charge in [-0.15, -0.1) is 0 Å². The van der Waals surface area contributed by atoms with Crippen LogP contribution < -0.4 is 5.32 Å². The van der Waals surface area contributed by atoms with E-state index in [1.807, 2.05) is 24.3 Å². The Morgan fingerprint density at radius 2 is 1.71 bits per heavy atom. The Morgan fingerprint density at radius 1 is 0.978 bits per heavy atom. The first-order valence-corrected chi connectivity index (χ1v) is 17.6. The van der Waals surface area contributed by atoms with Crippen LogP contribution in [0.5, 0.6) is 0 Å². The number of benzene rings is 1. The van der Waals surface area contributed by atoms with Gasteiger partial charge in [0.1, 0.15) is 0 Å². The summed E-state index contributed by atoms with van der Waals surface area (Å²) in [6, 6.07) is 7.68. The number of aliphatic hydroxyl groups is 1. The second kappa shape index (κ2) is 11.1. The Kier molecular flexibility index (Phi) is 7.98. The van der Waals surface area contributed by atoms with Crippen molar-refractivity contribution in [1.82, 2.24) is 0 Å². The maximum absolute atomic E-state index is 14.6. The topological polar surface area (TPSA) is 88.0 Å². The van der Waals surface area contributed by atoms with Crippen LogP contribution in [0.4, 0.5) is 5.69 Å². The van der Waals surface area contributed by atoms with E-state index in [4.69, 9.17) is 4.84 Å². The predicted molar refractivity (Wildman–Crippen MR) is 179 cm³/mol. The fourth-order valence-corrected chi connectivity index (χ4v) is 12.0. The van der Waals surface area contributed by atoms with Gasteiger partial charge in [0.25, 0.3) is 0 Å². The summed E-state index contributed by atoms with van der Waals surface area (Å²) in [6.07, 6.45) is 11.8. The molecule has 0 heterocycles. The summed E-state index contributed by atoms with van der Waals surface area (Å²) in [4.78, 5) is 31.3. The Morgan fingerprint density at radius 3 is 2.42 bits per heavy atom. The van der Waals surface area contributed by atoms with Crippen molar-refractivity contribution in [3.63, 3.8) is 0 Å². The zero-order valence-corrected chi connectivity index (χ0v) is 29.0. The fourth-order valence-electron chi connectivity index (χ4n) is 12.0. The molecule has 246 valence electrons. The second-order valence-electron chi connectivity index (χ2n) is 16.9. The lowest BCUT2D eigenvalue weighted by Crippen LogP contribution is -2.65. The smallest absolute Gasteiger partial charge is 0.331 e. The lowest BCUT2D eigenvalue weighted by Gasteiger charge is -2.71. The van der Waals surface area contributed by atoms with Gasteiger partial charge in [-0.05, 0) is 110 Å². The summed E-state index contributed by atoms with van der Waals surface area (Å²) < 4.78 is 0. The molecule has 2 N–H and O–H groups in total. The summed E-state index contributed by atoms with van der Waals surface area (Å²) in [5.41, 5.74) is 3.86. The molecule has 0 bridgehead atoms. The minimum Gasteiger partial charge on any atom is -0.392 e. The molecule has 3 unspecified atom stereocenters. The maximum atomic E-state index is 14.6. The van der Waals surface area contributed by atoms with E-state index in [9.17, 15) is 14.7 Å². The molecule has 6 rings (SSSR count). The summed E-state index contributed by atoms with van der Waals surface area (Å²) in [5, 5.41) is 17.7. The number of para-hydroxylation sites is 1. The van der Waals surface area contributed by atoms with Crippen molar-refractivity contribution < 1.29 is 19.5 Å². The average Bonchev–Trinajstić information content (AvgIpc) is 2.98. The highest BCUT2D eigenvalue weighted by atomic mass is 16.7. The van der Waals surface area contributed by atoms with Crippen LogP contribution in [0.15, 0.2) is 41.1 Å². The third-order valence-electron chi connectivity index (χ3n) is 14.9. The maximum Gasteiger partial charge on any atom is 0.331 e. The van der Waals surface area contributed by atoms with Crippen molar-refractivity contribution in [2.75, 3.05) is 5.32 Å². The standard InChI is InChI=1S/C39H56N2O4/c1-24-15-20-39(34(44)40-29-12-10-9-11-27(29)23-42)22-21-37(7)28(33(39)25(24)2)13-14-31-36(6)18-17-32(41-45-26(3)43)35(4,5)30(36)16-19-38(31,37)8/h9-13,24-25,30-31,33,42H,14-23H2,1-8H3,(H,40,44)/b41-32+/t24-,25+,30?,31?,33?,36+,37-,38-,39+/m1/s1. The number of hydrogen-bond acceptors (Lipinski definition) is 5. The largest absolute Gasteiger partial charge is 0.392 e. The Hall–Kier alpha value is -2.47. The average molecular weight is 617 g/mol. The highest BCUT2D eigenvalue weighted by molar-refractivity contribution is 5.97. The second-order valence-corrected chi connectivity index (χ2v) is 16.9. The highest BCUT2D eigenvalue weighted by Gasteiger charge is 2.69. The van der Waals surface area contributed by atoms with Crippen LogP contribution in [0.2, 0.25) is 0 Å². The van der Waals surface area contributed by atoms with Crippen LogP contribution in [0.25, 0.3) is 0 Å². The van der Waals surface area contributed by atoms with E-state index in [1.54, 1.807) is 5.57 Å². The molecule has 1 amide bonds. The van der Waals surface area contributed by atoms with E-state index >= 15 is 0 Å². The number of rotatable bonds is 4. The molecule has 4 saturated carbocycles. The highest BCUT2D eigenvalue weighted by Crippen LogP contribution is 2.75. The zero-order valence-electron chi connectivity index (χ0n) is 29.0. The lowest BCUT2D eigenvalue weighted by molar-refractivity contribution is -0.171. The van der Waals surface area contributed by atoms with Crippen molar-refractivity contribution in [2.45, 2.75) is 120 Å². The van der Waals surface area contributed by atoms with Crippen LogP contribution in [0.3, 0.4) is 0 Å². The van der Waals surface area contributed by atoms with Crippen LogP contribution in [-0.4, -0.2) is 22.7 Å². The number of hydrogen-bond donors (Lipinski definition) is 2. The number of amides is 1. The number of allylic oxidation sites excluding steroid dienone is 2. The molecule has 0 aliphatic heterocycles. The molecule has 0 radical (unpaired) electrons. The van der Waals surface area contributed by atoms with E-state index in [0.29, 0.717) is 23.7 Å². The van der Waals surface area contributed by atoms with Crippen LogP contribution in [0.1, 0.15) is 119 Å². The first-order chi connectivity index (χ1) is 21.2. The Labute approximate surface area is 270 Å². The summed E-state index contributed by atoms with van der Waals surface area (Å²) in [5.74, 6) is 2.01. The lowest BCUT2D eigenvalue weighted by atomic mass is 9.33. The minimum absolute atomic E-state index is 0.0307. The third-order valence-corrected chi connectivity index (χ3v) is 14.9. The van der Waals surface area contributed by atoms with Gasteiger partial charge in [-0.3, -0.25) is 4.79 Å². The van der Waals surface area contributed by atoms with E-state index in [1.165, 1.54) is 6.92 Å². The van der Waals surface area contributed by atoms with Crippen LogP contribution in [0, 0.1) is 56.7 Å². The van der Waals surface area contributed by atoms with Crippen molar-refractivity contribution in [3.8, 4) is 0 Å². The van der Waals surface area contributed by atoms with Gasteiger partial charge in [0.05, 0.1) is 17.7 Å². The molecule has 1 aromatic carbocycles. The molecule has 1 aromatic rings. The van der Waals surface area contributed by atoms with Gasteiger partial charge in [-0.25, -0.2) is 4.79 Å². The van der Waals surface area contributed by atoms with Crippen LogP contribution >= 0.6 is 0 Å². The number of anilines is 1. The monoisotopic (exact) mass is 616 g/mol. The summed E-state index contributed by atoms with van der Waals surface area (Å²) >= 11 is 0. The minimum atomic E-state index is -0.432. The molecule has 45 heavy (non-hydrogen) atoms. The van der Waals surface area contributed by atoms with E-state index in [2.05, 4.69) is 65.0 Å². The Balaban J connectivity index is 1.38. The molecule has 6 nitrogen and oxygen atoms in total. The molecule has 0 aromatic heterocycles. The summed E-state index contributed by atoms with van der Waals surface area (Å²) in [7, 11) is 0. The molecule has 0 saturated heterocycles. The molecular formula is C39H56N2O4. The number of carbonyl (C=O) groups is 2. The third kappa shape index (κ3) is 4.62. The summed E-state index contributed by atoms with van der Waals surface area (Å²) in [6.45, 7) is 18.5. The zero-order chi connectivity index (χ0) is 32.6. The first kappa shape index (κ1) is 32.5. The van der Waals surface area contributed by atoms with Gasteiger partial charge in [-0.2, -0.15) is 0 Å². The van der Waals surface area contributed by atoms with Crippen LogP contribution in [-0.2, 0) is 21.0 Å². The number of fused-ring (bicyclic) bond motifs is 7. The van der Waals surface area contributed by atoms with Crippen molar-refractivity contribution in [1.29, 1.82) is 0 Å². The van der Waals surface area contributed by atoms with E-state index in [0.717, 1.165) is 74.7 Å². The van der Waals surface area contributed by atoms with Gasteiger partial charge in [0.15, 0.2) is 0 Å². The number of aliphatic hydroxyl groups excluding tert-OH is 1. The molecule has 9 atom stereocenters. The molecule has 5 aliphatic rings. The van der Waals surface area contributed by atoms with Crippen molar-refractivity contribution in [3.05, 3.63) is 41.5 Å². The fraction of sp³-hybridized carbons (Fsp3) is 0.718. The number of nitrogens with one attached hydrogen (secondary N) is 1.